The van der Waals surface area contributed by atoms with Gasteiger partial charge < -0.3 is 10.3 Å². The Bertz CT molecular complexity index is 565. The van der Waals surface area contributed by atoms with E-state index in [1.54, 1.807) is 0 Å². The first-order chi connectivity index (χ1) is 7.46. The number of hydrogen-bond acceptors (Lipinski definition) is 1. The number of hydrogen-bond donors (Lipinski definition) is 1. The lowest BCUT2D eigenvalue weighted by Gasteiger charge is -2.16. The number of nitrogens with zero attached hydrogens (tertiary/aromatic N) is 1. The summed E-state index contributed by atoms with van der Waals surface area (Å²) in [5.41, 5.74) is 9.11. The van der Waals surface area contributed by atoms with Crippen molar-refractivity contribution in [3.63, 3.8) is 0 Å². The third-order valence-corrected chi connectivity index (χ3v) is 4.21. The molecule has 1 saturated carbocycles. The van der Waals surface area contributed by atoms with Crippen molar-refractivity contribution in [2.45, 2.75) is 25.8 Å². The summed E-state index contributed by atoms with van der Waals surface area (Å²) < 4.78 is 2.24. The van der Waals surface area contributed by atoms with Crippen molar-refractivity contribution >= 4 is 10.9 Å². The maximum atomic E-state index is 6.49. The SMILES string of the molecule is Cn1c(C2(N)CC2(C)C)cc2ccccc21. The van der Waals surface area contributed by atoms with Crippen molar-refractivity contribution < 1.29 is 0 Å². The molecule has 3 rings (SSSR count). The highest BCUT2D eigenvalue weighted by Gasteiger charge is 2.60. The van der Waals surface area contributed by atoms with Crippen LogP contribution in [0, 0.1) is 5.41 Å². The van der Waals surface area contributed by atoms with Gasteiger partial charge in [-0.05, 0) is 29.4 Å². The van der Waals surface area contributed by atoms with E-state index in [-0.39, 0.29) is 11.0 Å². The Hall–Kier alpha value is -1.28. The topological polar surface area (TPSA) is 30.9 Å². The summed E-state index contributed by atoms with van der Waals surface area (Å²) in [6, 6.07) is 10.7. The fourth-order valence-electron chi connectivity index (χ4n) is 2.81. The molecule has 1 fully saturated rings. The Labute approximate surface area is 96.1 Å². The maximum Gasteiger partial charge on any atom is 0.0622 e. The number of rotatable bonds is 1. The second-order valence-corrected chi connectivity index (χ2v) is 5.68. The number of benzene rings is 1. The van der Waals surface area contributed by atoms with Gasteiger partial charge in [0.25, 0.3) is 0 Å². The van der Waals surface area contributed by atoms with Gasteiger partial charge in [0.15, 0.2) is 0 Å². The van der Waals surface area contributed by atoms with E-state index in [9.17, 15) is 0 Å². The van der Waals surface area contributed by atoms with Crippen LogP contribution in [0.25, 0.3) is 10.9 Å². The van der Waals surface area contributed by atoms with Gasteiger partial charge in [-0.3, -0.25) is 0 Å². The van der Waals surface area contributed by atoms with Crippen LogP contribution in [0.4, 0.5) is 0 Å². The molecular weight excluding hydrogens is 196 g/mol. The molecule has 1 aromatic heterocycles. The summed E-state index contributed by atoms with van der Waals surface area (Å²) in [6.07, 6.45) is 1.07. The molecule has 1 aliphatic carbocycles. The van der Waals surface area contributed by atoms with E-state index in [2.05, 4.69) is 55.8 Å². The van der Waals surface area contributed by atoms with Gasteiger partial charge >= 0.3 is 0 Å². The first kappa shape index (κ1) is 9.91. The molecule has 1 unspecified atom stereocenters. The lowest BCUT2D eigenvalue weighted by Crippen LogP contribution is -2.27. The summed E-state index contributed by atoms with van der Waals surface area (Å²) in [7, 11) is 2.11. The van der Waals surface area contributed by atoms with Gasteiger partial charge in [-0.15, -0.1) is 0 Å². The first-order valence-corrected chi connectivity index (χ1v) is 5.79. The molecule has 0 saturated heterocycles. The zero-order valence-electron chi connectivity index (χ0n) is 10.1. The predicted octanol–water partition coefficient (Wildman–Crippen LogP) is 2.76. The Balaban J connectivity index is 2.23. The fourth-order valence-corrected chi connectivity index (χ4v) is 2.81. The molecule has 1 atom stereocenters. The molecule has 2 aromatic rings. The largest absolute Gasteiger partial charge is 0.346 e. The van der Waals surface area contributed by atoms with Gasteiger partial charge in [0, 0.05) is 18.3 Å². The quantitative estimate of drug-likeness (QED) is 0.777. The molecule has 0 radical (unpaired) electrons. The van der Waals surface area contributed by atoms with Crippen LogP contribution in [0.3, 0.4) is 0 Å². The standard InChI is InChI=1S/C14H18N2/c1-13(2)9-14(13,15)12-8-10-6-4-5-7-11(10)16(12)3/h4-8H,9,15H2,1-3H3. The van der Waals surface area contributed by atoms with Gasteiger partial charge in [0.05, 0.1) is 5.54 Å². The minimum Gasteiger partial charge on any atom is -0.346 e. The predicted molar refractivity (Wildman–Crippen MR) is 67.2 cm³/mol. The van der Waals surface area contributed by atoms with Crippen molar-refractivity contribution in [1.29, 1.82) is 0 Å². The molecule has 0 spiro atoms. The molecule has 0 bridgehead atoms. The van der Waals surface area contributed by atoms with Crippen LogP contribution in [0.5, 0.6) is 0 Å². The van der Waals surface area contributed by atoms with E-state index >= 15 is 0 Å². The van der Waals surface area contributed by atoms with Gasteiger partial charge in [0.1, 0.15) is 0 Å². The van der Waals surface area contributed by atoms with E-state index in [1.807, 2.05) is 0 Å². The first-order valence-electron chi connectivity index (χ1n) is 5.79. The lowest BCUT2D eigenvalue weighted by molar-refractivity contribution is 0.489. The summed E-state index contributed by atoms with van der Waals surface area (Å²) in [5, 5.41) is 1.28. The molecule has 2 nitrogen and oxygen atoms in total. The number of nitrogens with two attached hydrogens (primary N) is 1. The number of aryl methyl sites for hydroxylation is 1. The van der Waals surface area contributed by atoms with Gasteiger partial charge in [-0.2, -0.15) is 0 Å². The van der Waals surface area contributed by atoms with Gasteiger partial charge in [-0.1, -0.05) is 32.0 Å². The van der Waals surface area contributed by atoms with Crippen LogP contribution in [-0.4, -0.2) is 4.57 Å². The molecule has 2 N–H and O–H groups in total. The van der Waals surface area contributed by atoms with Crippen LogP contribution in [0.1, 0.15) is 26.0 Å². The van der Waals surface area contributed by atoms with E-state index in [4.69, 9.17) is 5.73 Å². The monoisotopic (exact) mass is 214 g/mol. The lowest BCUT2D eigenvalue weighted by atomic mass is 10.0. The smallest absolute Gasteiger partial charge is 0.0622 e. The van der Waals surface area contributed by atoms with E-state index in [1.165, 1.54) is 16.6 Å². The summed E-state index contributed by atoms with van der Waals surface area (Å²) >= 11 is 0. The summed E-state index contributed by atoms with van der Waals surface area (Å²) in [5.74, 6) is 0. The molecule has 1 aliphatic rings. The van der Waals surface area contributed by atoms with Crippen LogP contribution in [-0.2, 0) is 12.6 Å². The second kappa shape index (κ2) is 2.69. The number of para-hydroxylation sites is 1. The zero-order valence-corrected chi connectivity index (χ0v) is 10.1. The molecule has 84 valence electrons. The van der Waals surface area contributed by atoms with E-state index in [0.717, 1.165) is 6.42 Å². The normalized spacial score (nSPS) is 27.2. The van der Waals surface area contributed by atoms with Gasteiger partial charge in [-0.25, -0.2) is 0 Å². The van der Waals surface area contributed by atoms with Crippen molar-refractivity contribution in [3.05, 3.63) is 36.0 Å². The third kappa shape index (κ3) is 1.05. The Morgan fingerprint density at radius 2 is 1.88 bits per heavy atom. The van der Waals surface area contributed by atoms with Crippen molar-refractivity contribution in [3.8, 4) is 0 Å². The van der Waals surface area contributed by atoms with Gasteiger partial charge in [0.2, 0.25) is 0 Å². The average Bonchev–Trinajstić information content (AvgIpc) is 2.59. The molecule has 16 heavy (non-hydrogen) atoms. The molecule has 1 heterocycles. The number of aromatic nitrogens is 1. The highest BCUT2D eigenvalue weighted by Crippen LogP contribution is 2.60. The highest BCUT2D eigenvalue weighted by atomic mass is 15.0. The van der Waals surface area contributed by atoms with E-state index < -0.39 is 0 Å². The maximum absolute atomic E-state index is 6.49. The van der Waals surface area contributed by atoms with Crippen molar-refractivity contribution in [1.82, 2.24) is 4.57 Å². The minimum atomic E-state index is -0.138. The van der Waals surface area contributed by atoms with Crippen LogP contribution in [0.2, 0.25) is 0 Å². The molecular formula is C14H18N2. The van der Waals surface area contributed by atoms with Crippen LogP contribution in [0.15, 0.2) is 30.3 Å². The van der Waals surface area contributed by atoms with Crippen LogP contribution < -0.4 is 5.73 Å². The Kier molecular flexibility index (Phi) is 1.67. The highest BCUT2D eigenvalue weighted by molar-refractivity contribution is 5.81. The Morgan fingerprint density at radius 1 is 1.25 bits per heavy atom. The minimum absolute atomic E-state index is 0.138. The Morgan fingerprint density at radius 3 is 2.44 bits per heavy atom. The summed E-state index contributed by atoms with van der Waals surface area (Å²) in [4.78, 5) is 0. The van der Waals surface area contributed by atoms with Crippen LogP contribution >= 0.6 is 0 Å². The second-order valence-electron chi connectivity index (χ2n) is 5.68. The number of fused-ring (bicyclic) bond motifs is 1. The third-order valence-electron chi connectivity index (χ3n) is 4.21. The summed E-state index contributed by atoms with van der Waals surface area (Å²) in [6.45, 7) is 4.48. The average molecular weight is 214 g/mol. The van der Waals surface area contributed by atoms with Crippen molar-refractivity contribution in [2.75, 3.05) is 0 Å². The molecule has 2 heteroatoms. The van der Waals surface area contributed by atoms with E-state index in [0.29, 0.717) is 0 Å². The van der Waals surface area contributed by atoms with Crippen molar-refractivity contribution in [2.24, 2.45) is 18.2 Å². The molecule has 0 amide bonds. The molecule has 0 aliphatic heterocycles. The fraction of sp³-hybridized carbons (Fsp3) is 0.429. The zero-order chi connectivity index (χ0) is 11.6. The molecule has 1 aromatic carbocycles.